The second-order valence-electron chi connectivity index (χ2n) is 4.89. The molecule has 0 atom stereocenters. The molecule has 0 saturated heterocycles. The molecule has 0 bridgehead atoms. The molecule has 3 N–H and O–H groups in total. The van der Waals surface area contributed by atoms with E-state index >= 15 is 0 Å². The average Bonchev–Trinajstić information content (AvgIpc) is 2.71. The van der Waals surface area contributed by atoms with E-state index in [9.17, 15) is 4.79 Å². The Morgan fingerprint density at radius 1 is 1.43 bits per heavy atom. The van der Waals surface area contributed by atoms with Gasteiger partial charge in [-0.2, -0.15) is 5.26 Å². The van der Waals surface area contributed by atoms with Crippen LogP contribution >= 0.6 is 11.3 Å². The lowest BCUT2D eigenvalue weighted by atomic mass is 10.1. The molecule has 0 radical (unpaired) electrons. The largest absolute Gasteiger partial charge is 0.399 e. The zero-order valence-electron chi connectivity index (χ0n) is 12.1. The van der Waals surface area contributed by atoms with Crippen LogP contribution in [0.4, 0.5) is 10.7 Å². The summed E-state index contributed by atoms with van der Waals surface area (Å²) in [6.07, 6.45) is 0.992. The second-order valence-corrected chi connectivity index (χ2v) is 6.12. The monoisotopic (exact) mass is 299 g/mol. The number of nitrogens with two attached hydrogens (primary N) is 1. The van der Waals surface area contributed by atoms with Crippen molar-refractivity contribution in [2.75, 3.05) is 11.1 Å². The maximum atomic E-state index is 12.0. The number of carbonyl (C=O) groups excluding carboxylic acids is 1. The van der Waals surface area contributed by atoms with Crippen LogP contribution < -0.4 is 11.1 Å². The van der Waals surface area contributed by atoms with Gasteiger partial charge in [0.25, 0.3) is 0 Å². The van der Waals surface area contributed by atoms with Crippen LogP contribution in [0.25, 0.3) is 0 Å². The quantitative estimate of drug-likeness (QED) is 0.849. The number of amides is 1. The standard InChI is InChI=1S/C16H17N3OS/c1-10-11(2)21-16(14(10)9-17)19-15(20)7-6-12-4-3-5-13(18)8-12/h3-5,8H,6-7,18H2,1-2H3,(H,19,20). The summed E-state index contributed by atoms with van der Waals surface area (Å²) >= 11 is 1.44. The topological polar surface area (TPSA) is 78.9 Å². The van der Waals surface area contributed by atoms with E-state index in [1.807, 2.05) is 38.1 Å². The molecule has 0 aliphatic heterocycles. The summed E-state index contributed by atoms with van der Waals surface area (Å²) in [4.78, 5) is 13.1. The zero-order valence-corrected chi connectivity index (χ0v) is 12.9. The lowest BCUT2D eigenvalue weighted by molar-refractivity contribution is -0.116. The van der Waals surface area contributed by atoms with Gasteiger partial charge in [-0.25, -0.2) is 0 Å². The molecule has 2 rings (SSSR count). The van der Waals surface area contributed by atoms with Crippen LogP contribution in [0, 0.1) is 25.2 Å². The van der Waals surface area contributed by atoms with E-state index in [0.29, 0.717) is 29.1 Å². The number of hydrogen-bond acceptors (Lipinski definition) is 4. The molecule has 0 fully saturated rings. The Bertz CT molecular complexity index is 713. The predicted molar refractivity (Wildman–Crippen MR) is 86.3 cm³/mol. The van der Waals surface area contributed by atoms with Crippen molar-refractivity contribution in [3.8, 4) is 6.07 Å². The highest BCUT2D eigenvalue weighted by molar-refractivity contribution is 7.16. The number of anilines is 2. The Morgan fingerprint density at radius 3 is 2.86 bits per heavy atom. The molecule has 1 amide bonds. The highest BCUT2D eigenvalue weighted by Gasteiger charge is 2.14. The zero-order chi connectivity index (χ0) is 15.4. The summed E-state index contributed by atoms with van der Waals surface area (Å²) in [6, 6.07) is 9.66. The molecule has 0 unspecified atom stereocenters. The lowest BCUT2D eigenvalue weighted by Gasteiger charge is -2.04. The van der Waals surface area contributed by atoms with Crippen molar-refractivity contribution in [3.05, 3.63) is 45.8 Å². The number of carbonyl (C=O) groups is 1. The third-order valence-corrected chi connectivity index (χ3v) is 4.46. The summed E-state index contributed by atoms with van der Waals surface area (Å²) in [5.41, 5.74) is 8.94. The van der Waals surface area contributed by atoms with Crippen molar-refractivity contribution in [2.45, 2.75) is 26.7 Å². The van der Waals surface area contributed by atoms with Gasteiger partial charge in [-0.05, 0) is 43.5 Å². The first-order chi connectivity index (χ1) is 10.0. The number of thiophene rings is 1. The molecule has 0 aliphatic rings. The van der Waals surface area contributed by atoms with Gasteiger partial charge in [0.05, 0.1) is 5.56 Å². The van der Waals surface area contributed by atoms with Gasteiger partial charge in [-0.15, -0.1) is 11.3 Å². The van der Waals surface area contributed by atoms with Crippen molar-refractivity contribution < 1.29 is 4.79 Å². The fourth-order valence-electron chi connectivity index (χ4n) is 2.05. The van der Waals surface area contributed by atoms with E-state index < -0.39 is 0 Å². The van der Waals surface area contributed by atoms with E-state index in [-0.39, 0.29) is 5.91 Å². The van der Waals surface area contributed by atoms with Crippen molar-refractivity contribution in [2.24, 2.45) is 0 Å². The van der Waals surface area contributed by atoms with Gasteiger partial charge < -0.3 is 11.1 Å². The van der Waals surface area contributed by atoms with E-state index in [0.717, 1.165) is 16.0 Å². The smallest absolute Gasteiger partial charge is 0.225 e. The molecule has 2 aromatic rings. The Balaban J connectivity index is 2.00. The van der Waals surface area contributed by atoms with Gasteiger partial charge in [-0.3, -0.25) is 4.79 Å². The molecule has 0 aliphatic carbocycles. The molecule has 108 valence electrons. The van der Waals surface area contributed by atoms with Crippen LogP contribution in [0.5, 0.6) is 0 Å². The van der Waals surface area contributed by atoms with Crippen LogP contribution in [0.1, 0.15) is 28.0 Å². The van der Waals surface area contributed by atoms with Gasteiger partial charge in [0.2, 0.25) is 5.91 Å². The minimum Gasteiger partial charge on any atom is -0.399 e. The number of nitrogens with one attached hydrogen (secondary N) is 1. The highest BCUT2D eigenvalue weighted by Crippen LogP contribution is 2.31. The van der Waals surface area contributed by atoms with Crippen LogP contribution in [-0.4, -0.2) is 5.91 Å². The number of hydrogen-bond donors (Lipinski definition) is 2. The number of aryl methyl sites for hydroxylation is 2. The van der Waals surface area contributed by atoms with Gasteiger partial charge in [0.1, 0.15) is 11.1 Å². The summed E-state index contributed by atoms with van der Waals surface area (Å²) in [7, 11) is 0. The number of rotatable bonds is 4. The summed E-state index contributed by atoms with van der Waals surface area (Å²) in [5, 5.41) is 12.6. The summed E-state index contributed by atoms with van der Waals surface area (Å²) in [5.74, 6) is -0.0878. The van der Waals surface area contributed by atoms with E-state index in [1.165, 1.54) is 11.3 Å². The van der Waals surface area contributed by atoms with Gasteiger partial charge >= 0.3 is 0 Å². The molecule has 1 aromatic heterocycles. The number of benzene rings is 1. The molecule has 1 heterocycles. The van der Waals surface area contributed by atoms with E-state index in [1.54, 1.807) is 0 Å². The van der Waals surface area contributed by atoms with Crippen molar-refractivity contribution in [3.63, 3.8) is 0 Å². The molecular formula is C16H17N3OS. The first-order valence-electron chi connectivity index (χ1n) is 6.65. The lowest BCUT2D eigenvalue weighted by Crippen LogP contribution is -2.12. The summed E-state index contributed by atoms with van der Waals surface area (Å²) < 4.78 is 0. The van der Waals surface area contributed by atoms with Crippen LogP contribution in [-0.2, 0) is 11.2 Å². The van der Waals surface area contributed by atoms with E-state index in [2.05, 4.69) is 11.4 Å². The third-order valence-electron chi connectivity index (χ3n) is 3.34. The fraction of sp³-hybridized carbons (Fsp3) is 0.250. The van der Waals surface area contributed by atoms with Crippen molar-refractivity contribution >= 4 is 27.9 Å². The minimum atomic E-state index is -0.0878. The highest BCUT2D eigenvalue weighted by atomic mass is 32.1. The molecular weight excluding hydrogens is 282 g/mol. The average molecular weight is 299 g/mol. The molecule has 5 heteroatoms. The SMILES string of the molecule is Cc1sc(NC(=O)CCc2cccc(N)c2)c(C#N)c1C. The first kappa shape index (κ1) is 15.1. The molecule has 21 heavy (non-hydrogen) atoms. The first-order valence-corrected chi connectivity index (χ1v) is 7.47. The third kappa shape index (κ3) is 3.61. The van der Waals surface area contributed by atoms with Gasteiger partial charge in [0.15, 0.2) is 0 Å². The Morgan fingerprint density at radius 2 is 2.19 bits per heavy atom. The van der Waals surface area contributed by atoms with Crippen LogP contribution in [0.3, 0.4) is 0 Å². The van der Waals surface area contributed by atoms with Crippen LogP contribution in [0.2, 0.25) is 0 Å². The Kier molecular flexibility index (Phi) is 4.61. The van der Waals surface area contributed by atoms with E-state index in [4.69, 9.17) is 11.0 Å². The molecule has 0 saturated carbocycles. The van der Waals surface area contributed by atoms with Crippen LogP contribution in [0.15, 0.2) is 24.3 Å². The second kappa shape index (κ2) is 6.42. The number of nitrogen functional groups attached to an aromatic ring is 1. The number of nitrogens with zero attached hydrogens (tertiary/aromatic N) is 1. The minimum absolute atomic E-state index is 0.0878. The number of nitriles is 1. The Labute approximate surface area is 128 Å². The fourth-order valence-corrected chi connectivity index (χ4v) is 3.07. The van der Waals surface area contributed by atoms with Gasteiger partial charge in [0, 0.05) is 17.0 Å². The normalized spacial score (nSPS) is 10.1. The molecule has 0 spiro atoms. The molecule has 1 aromatic carbocycles. The summed E-state index contributed by atoms with van der Waals surface area (Å²) in [6.45, 7) is 3.84. The van der Waals surface area contributed by atoms with Gasteiger partial charge in [-0.1, -0.05) is 12.1 Å². The van der Waals surface area contributed by atoms with Crippen molar-refractivity contribution in [1.29, 1.82) is 5.26 Å². The molecule has 4 nitrogen and oxygen atoms in total. The van der Waals surface area contributed by atoms with Crippen molar-refractivity contribution in [1.82, 2.24) is 0 Å². The maximum Gasteiger partial charge on any atom is 0.225 e. The predicted octanol–water partition coefficient (Wildman–Crippen LogP) is 3.39. The maximum absolute atomic E-state index is 12.0. The Hall–Kier alpha value is -2.32.